The maximum atomic E-state index is 13.5. The molecule has 2 atom stereocenters. The second-order valence-corrected chi connectivity index (χ2v) is 12.1. The monoisotopic (exact) mass is 517 g/mol. The third kappa shape index (κ3) is 5.29. The summed E-state index contributed by atoms with van der Waals surface area (Å²) in [6.45, 7) is 3.50. The number of halogens is 3. The molecule has 11 heteroatoms. The van der Waals surface area contributed by atoms with Gasteiger partial charge in [-0.15, -0.1) is 0 Å². The molecular formula is C24H34F3N3O4S. The number of hydrogen-bond acceptors (Lipinski definition) is 6. The molecule has 0 radical (unpaired) electrons. The van der Waals surface area contributed by atoms with Gasteiger partial charge in [-0.05, 0) is 63.2 Å². The fourth-order valence-corrected chi connectivity index (χ4v) is 7.19. The van der Waals surface area contributed by atoms with Crippen LogP contribution in [0.4, 0.5) is 13.2 Å². The van der Waals surface area contributed by atoms with Crippen molar-refractivity contribution in [3.05, 3.63) is 34.3 Å². The Bertz CT molecular complexity index is 1040. The first-order valence-electron chi connectivity index (χ1n) is 12.1. The van der Waals surface area contributed by atoms with E-state index >= 15 is 0 Å². The summed E-state index contributed by atoms with van der Waals surface area (Å²) < 4.78 is 67.8. The van der Waals surface area contributed by atoms with Crippen LogP contribution in [0.1, 0.15) is 45.4 Å². The Morgan fingerprint density at radius 3 is 2.43 bits per heavy atom. The molecule has 2 aliphatic carbocycles. The van der Waals surface area contributed by atoms with Crippen molar-refractivity contribution in [3.63, 3.8) is 0 Å². The van der Waals surface area contributed by atoms with Gasteiger partial charge in [-0.3, -0.25) is 9.89 Å². The van der Waals surface area contributed by atoms with Crippen LogP contribution in [0, 0.1) is 5.41 Å². The van der Waals surface area contributed by atoms with E-state index < -0.39 is 27.8 Å². The summed E-state index contributed by atoms with van der Waals surface area (Å²) in [5, 5.41) is 19.5. The van der Waals surface area contributed by atoms with E-state index in [1.165, 1.54) is 16.0 Å². The zero-order chi connectivity index (χ0) is 25.5. The van der Waals surface area contributed by atoms with Gasteiger partial charge < -0.3 is 10.2 Å². The van der Waals surface area contributed by atoms with Gasteiger partial charge >= 0.3 is 6.18 Å². The van der Waals surface area contributed by atoms with Crippen LogP contribution in [0.3, 0.4) is 0 Å². The molecular weight excluding hydrogens is 483 g/mol. The summed E-state index contributed by atoms with van der Waals surface area (Å²) in [7, 11) is -3.91. The van der Waals surface area contributed by atoms with Crippen LogP contribution >= 0.6 is 0 Å². The van der Waals surface area contributed by atoms with E-state index in [9.17, 15) is 31.8 Å². The molecule has 0 aromatic rings. The summed E-state index contributed by atoms with van der Waals surface area (Å²) in [6.07, 6.45) is 4.56. The minimum atomic E-state index is -4.84. The normalized spacial score (nSPS) is 27.6. The van der Waals surface area contributed by atoms with Crippen LogP contribution in [0.2, 0.25) is 0 Å². The second-order valence-electron chi connectivity index (χ2n) is 10.2. The number of nitrogens with zero attached hydrogens (tertiary/aromatic N) is 3. The van der Waals surface area contributed by atoms with Crippen molar-refractivity contribution in [1.29, 1.82) is 0 Å². The van der Waals surface area contributed by atoms with E-state index in [1.54, 1.807) is 0 Å². The molecule has 0 bridgehead atoms. The largest absolute Gasteiger partial charge is 0.420 e. The molecule has 35 heavy (non-hydrogen) atoms. The number of aliphatic hydroxyl groups is 2. The van der Waals surface area contributed by atoms with Crippen molar-refractivity contribution in [2.45, 2.75) is 63.3 Å². The van der Waals surface area contributed by atoms with Gasteiger partial charge in [0.25, 0.3) is 0 Å². The Morgan fingerprint density at radius 2 is 1.89 bits per heavy atom. The average Bonchev–Trinajstić information content (AvgIpc) is 3.60. The molecule has 2 unspecified atom stereocenters. The van der Waals surface area contributed by atoms with Gasteiger partial charge in [0, 0.05) is 57.0 Å². The highest BCUT2D eigenvalue weighted by Gasteiger charge is 2.53. The first kappa shape index (κ1) is 26.5. The van der Waals surface area contributed by atoms with Gasteiger partial charge in [0.05, 0.1) is 4.91 Å². The number of allylic oxidation sites excluding steroid dienone is 4. The van der Waals surface area contributed by atoms with Crippen molar-refractivity contribution in [3.8, 4) is 0 Å². The topological polar surface area (TPSA) is 93.4 Å². The van der Waals surface area contributed by atoms with Crippen molar-refractivity contribution < 1.29 is 31.8 Å². The van der Waals surface area contributed by atoms with E-state index in [0.717, 1.165) is 38.4 Å². The highest BCUT2D eigenvalue weighted by atomic mass is 32.2. The highest BCUT2D eigenvalue weighted by Crippen LogP contribution is 2.54. The van der Waals surface area contributed by atoms with Crippen LogP contribution in [-0.4, -0.2) is 91.2 Å². The van der Waals surface area contributed by atoms with Gasteiger partial charge in [0.1, 0.15) is 0 Å². The molecule has 0 aromatic carbocycles. The Hall–Kier alpha value is -1.53. The molecule has 7 nitrogen and oxygen atoms in total. The molecule has 0 aromatic heterocycles. The molecule has 2 fully saturated rings. The Kier molecular flexibility index (Phi) is 7.38. The van der Waals surface area contributed by atoms with E-state index in [-0.39, 0.29) is 48.3 Å². The fraction of sp³-hybridized carbons (Fsp3) is 0.708. The van der Waals surface area contributed by atoms with Crippen molar-refractivity contribution >= 4 is 16.2 Å². The summed E-state index contributed by atoms with van der Waals surface area (Å²) in [5.74, 6) is 0. The number of aliphatic imine (C=N–C) groups is 1. The standard InChI is InChI=1S/C24H34F3N3O4S/c1-22(32,24(25,26)27)18-2-4-21(5-3-18)35(33,34)30-14-13-29(16-20(30)8-15-31)17-23(9-10-23)19-6-11-28-12-7-19/h2,4,6,11,20,31-32H,3,5,7-10,12-17H2,1H3. The van der Waals surface area contributed by atoms with E-state index in [4.69, 9.17) is 0 Å². The van der Waals surface area contributed by atoms with E-state index in [0.29, 0.717) is 20.0 Å². The molecule has 4 aliphatic rings. The zero-order valence-corrected chi connectivity index (χ0v) is 20.8. The summed E-state index contributed by atoms with van der Waals surface area (Å²) in [4.78, 5) is 6.59. The first-order chi connectivity index (χ1) is 16.4. The molecule has 2 N–H and O–H groups in total. The number of hydrogen-bond donors (Lipinski definition) is 2. The van der Waals surface area contributed by atoms with Crippen molar-refractivity contribution in [2.24, 2.45) is 10.4 Å². The van der Waals surface area contributed by atoms with Crippen LogP contribution in [0.25, 0.3) is 0 Å². The molecule has 1 saturated heterocycles. The molecule has 1 saturated carbocycles. The Balaban J connectivity index is 1.48. The first-order valence-corrected chi connectivity index (χ1v) is 13.6. The lowest BCUT2D eigenvalue weighted by atomic mass is 9.89. The maximum Gasteiger partial charge on any atom is 0.420 e. The molecule has 0 spiro atoms. The van der Waals surface area contributed by atoms with Gasteiger partial charge in [-0.2, -0.15) is 17.5 Å². The predicted molar refractivity (Wildman–Crippen MR) is 127 cm³/mol. The minimum absolute atomic E-state index is 0.0425. The molecule has 4 rings (SSSR count). The average molecular weight is 518 g/mol. The van der Waals surface area contributed by atoms with E-state index in [2.05, 4.69) is 16.0 Å². The maximum absolute atomic E-state index is 13.5. The van der Waals surface area contributed by atoms with Gasteiger partial charge in [-0.25, -0.2) is 8.42 Å². The van der Waals surface area contributed by atoms with Crippen LogP contribution in [-0.2, 0) is 10.0 Å². The van der Waals surface area contributed by atoms with Crippen molar-refractivity contribution in [1.82, 2.24) is 9.21 Å². The molecule has 196 valence electrons. The molecule has 0 amide bonds. The number of rotatable bonds is 8. The second kappa shape index (κ2) is 9.74. The lowest BCUT2D eigenvalue weighted by molar-refractivity contribution is -0.237. The number of piperazine rings is 1. The summed E-state index contributed by atoms with van der Waals surface area (Å²) >= 11 is 0. The van der Waals surface area contributed by atoms with Crippen LogP contribution in [0.15, 0.2) is 39.3 Å². The lowest BCUT2D eigenvalue weighted by Crippen LogP contribution is -2.56. The SMILES string of the molecule is CC(O)(C1=CC=C(S(=O)(=O)N2CCN(CC3(C4=CC=NCC4)CC3)CC2CCO)CC1)C(F)(F)F. The quantitative estimate of drug-likeness (QED) is 0.517. The lowest BCUT2D eigenvalue weighted by Gasteiger charge is -2.42. The number of aliphatic hydroxyl groups excluding tert-OH is 1. The molecule has 2 aliphatic heterocycles. The summed E-state index contributed by atoms with van der Waals surface area (Å²) in [6, 6.07) is -0.416. The van der Waals surface area contributed by atoms with Crippen LogP contribution < -0.4 is 0 Å². The predicted octanol–water partition coefficient (Wildman–Crippen LogP) is 2.78. The number of dihydropyridines is 1. The number of sulfonamides is 1. The third-order valence-electron chi connectivity index (χ3n) is 7.86. The smallest absolute Gasteiger partial charge is 0.396 e. The zero-order valence-electron chi connectivity index (χ0n) is 20.0. The van der Waals surface area contributed by atoms with Gasteiger partial charge in [0.2, 0.25) is 10.0 Å². The third-order valence-corrected chi connectivity index (χ3v) is 9.96. The van der Waals surface area contributed by atoms with Gasteiger partial charge in [-0.1, -0.05) is 11.6 Å². The molecule has 2 heterocycles. The fourth-order valence-electron chi connectivity index (χ4n) is 5.41. The van der Waals surface area contributed by atoms with E-state index in [1.807, 2.05) is 6.21 Å². The Labute approximate surface area is 204 Å². The van der Waals surface area contributed by atoms with Crippen LogP contribution in [0.5, 0.6) is 0 Å². The van der Waals surface area contributed by atoms with Gasteiger partial charge in [0.15, 0.2) is 5.60 Å². The minimum Gasteiger partial charge on any atom is -0.396 e. The highest BCUT2D eigenvalue weighted by molar-refractivity contribution is 7.93. The number of alkyl halides is 3. The Morgan fingerprint density at radius 1 is 1.14 bits per heavy atom. The van der Waals surface area contributed by atoms with Crippen molar-refractivity contribution in [2.75, 3.05) is 39.3 Å². The summed E-state index contributed by atoms with van der Waals surface area (Å²) in [5.41, 5.74) is -1.70.